The maximum atomic E-state index is 11.1. The number of unbranched alkanes of at least 4 members (excludes halogenated alkanes) is 1. The van der Waals surface area contributed by atoms with Gasteiger partial charge in [0.25, 0.3) is 5.69 Å². The lowest BCUT2D eigenvalue weighted by Crippen LogP contribution is -2.19. The number of nitro groups is 1. The van der Waals surface area contributed by atoms with Gasteiger partial charge < -0.3 is 5.32 Å². The standard InChI is InChI=1S/C15H21N3O2/c1-3-5-7-13(6-4-2)17-14-9-8-12(11-16)10-15(14)18(19)20/h8-10,13,17H,3-7H2,1-2H3. The summed E-state index contributed by atoms with van der Waals surface area (Å²) in [4.78, 5) is 10.7. The first-order valence-electron chi connectivity index (χ1n) is 7.07. The van der Waals surface area contributed by atoms with Gasteiger partial charge in [0.05, 0.1) is 16.6 Å². The van der Waals surface area contributed by atoms with E-state index in [1.807, 2.05) is 6.07 Å². The number of hydrogen-bond acceptors (Lipinski definition) is 4. The first-order valence-corrected chi connectivity index (χ1v) is 7.07. The van der Waals surface area contributed by atoms with Gasteiger partial charge in [0.2, 0.25) is 0 Å². The van der Waals surface area contributed by atoms with Gasteiger partial charge in [-0.1, -0.05) is 33.1 Å². The predicted octanol–water partition coefficient (Wildman–Crippen LogP) is 4.24. The van der Waals surface area contributed by atoms with Crippen LogP contribution in [-0.4, -0.2) is 11.0 Å². The number of nitriles is 1. The molecule has 0 aliphatic rings. The summed E-state index contributed by atoms with van der Waals surface area (Å²) < 4.78 is 0. The summed E-state index contributed by atoms with van der Waals surface area (Å²) in [5.74, 6) is 0. The van der Waals surface area contributed by atoms with Crippen molar-refractivity contribution in [2.45, 2.75) is 52.0 Å². The van der Waals surface area contributed by atoms with Crippen molar-refractivity contribution >= 4 is 11.4 Å². The molecule has 0 aromatic heterocycles. The fourth-order valence-corrected chi connectivity index (χ4v) is 2.18. The largest absolute Gasteiger partial charge is 0.377 e. The molecule has 5 nitrogen and oxygen atoms in total. The van der Waals surface area contributed by atoms with E-state index >= 15 is 0 Å². The third-order valence-corrected chi connectivity index (χ3v) is 3.23. The molecule has 5 heteroatoms. The summed E-state index contributed by atoms with van der Waals surface area (Å²) in [5, 5.41) is 23.2. The molecule has 0 radical (unpaired) electrons. The second-order valence-corrected chi connectivity index (χ2v) is 4.87. The van der Waals surface area contributed by atoms with Gasteiger partial charge in [-0.05, 0) is 25.0 Å². The summed E-state index contributed by atoms with van der Waals surface area (Å²) in [6.45, 7) is 4.24. The molecule has 0 fully saturated rings. The van der Waals surface area contributed by atoms with Gasteiger partial charge in [-0.15, -0.1) is 0 Å². The van der Waals surface area contributed by atoms with Crippen molar-refractivity contribution in [2.75, 3.05) is 5.32 Å². The van der Waals surface area contributed by atoms with Gasteiger partial charge in [-0.2, -0.15) is 5.26 Å². The molecule has 0 saturated carbocycles. The number of nitro benzene ring substituents is 1. The Labute approximate surface area is 119 Å². The van der Waals surface area contributed by atoms with E-state index in [4.69, 9.17) is 5.26 Å². The molecule has 0 amide bonds. The Morgan fingerprint density at radius 2 is 2.10 bits per heavy atom. The summed E-state index contributed by atoms with van der Waals surface area (Å²) in [6.07, 6.45) is 5.23. The van der Waals surface area contributed by atoms with E-state index in [0.29, 0.717) is 11.3 Å². The molecule has 1 N–H and O–H groups in total. The Hall–Kier alpha value is -2.09. The zero-order chi connectivity index (χ0) is 15.0. The van der Waals surface area contributed by atoms with Crippen LogP contribution in [0, 0.1) is 21.4 Å². The van der Waals surface area contributed by atoms with E-state index in [1.54, 1.807) is 12.1 Å². The van der Waals surface area contributed by atoms with Gasteiger partial charge in [-0.25, -0.2) is 0 Å². The quantitative estimate of drug-likeness (QED) is 0.568. The van der Waals surface area contributed by atoms with Crippen LogP contribution in [-0.2, 0) is 0 Å². The van der Waals surface area contributed by atoms with Gasteiger partial charge in [0, 0.05) is 12.1 Å². The lowest BCUT2D eigenvalue weighted by molar-refractivity contribution is -0.384. The zero-order valence-corrected chi connectivity index (χ0v) is 12.1. The summed E-state index contributed by atoms with van der Waals surface area (Å²) in [5.41, 5.74) is 0.785. The van der Waals surface area contributed by atoms with Crippen LogP contribution < -0.4 is 5.32 Å². The lowest BCUT2D eigenvalue weighted by Gasteiger charge is -2.19. The molecule has 20 heavy (non-hydrogen) atoms. The van der Waals surface area contributed by atoms with E-state index in [9.17, 15) is 10.1 Å². The van der Waals surface area contributed by atoms with Crippen molar-refractivity contribution in [1.29, 1.82) is 5.26 Å². The Kier molecular flexibility index (Phi) is 6.51. The van der Waals surface area contributed by atoms with Gasteiger partial charge in [0.1, 0.15) is 5.69 Å². The van der Waals surface area contributed by atoms with Gasteiger partial charge >= 0.3 is 0 Å². The van der Waals surface area contributed by atoms with E-state index < -0.39 is 4.92 Å². The van der Waals surface area contributed by atoms with Gasteiger partial charge in [0.15, 0.2) is 0 Å². The van der Waals surface area contributed by atoms with E-state index in [1.165, 1.54) is 6.07 Å². The lowest BCUT2D eigenvalue weighted by atomic mass is 10.0. The minimum atomic E-state index is -0.438. The summed E-state index contributed by atoms with van der Waals surface area (Å²) in [6, 6.07) is 6.74. The average Bonchev–Trinajstić information content (AvgIpc) is 2.45. The Bertz CT molecular complexity index is 494. The molecule has 1 rings (SSSR count). The third kappa shape index (κ3) is 4.54. The summed E-state index contributed by atoms with van der Waals surface area (Å²) >= 11 is 0. The highest BCUT2D eigenvalue weighted by atomic mass is 16.6. The van der Waals surface area contributed by atoms with E-state index in [0.717, 1.165) is 32.1 Å². The highest BCUT2D eigenvalue weighted by Gasteiger charge is 2.17. The Morgan fingerprint density at radius 3 is 2.65 bits per heavy atom. The second kappa shape index (κ2) is 8.16. The number of hydrogen-bond donors (Lipinski definition) is 1. The first kappa shape index (κ1) is 16.0. The van der Waals surface area contributed by atoms with E-state index in [2.05, 4.69) is 19.2 Å². The van der Waals surface area contributed by atoms with Crippen molar-refractivity contribution in [2.24, 2.45) is 0 Å². The van der Waals surface area contributed by atoms with Crippen molar-refractivity contribution < 1.29 is 4.92 Å². The predicted molar refractivity (Wildman–Crippen MR) is 79.7 cm³/mol. The van der Waals surface area contributed by atoms with Crippen LogP contribution in [0.5, 0.6) is 0 Å². The van der Waals surface area contributed by atoms with Crippen molar-refractivity contribution in [3.05, 3.63) is 33.9 Å². The van der Waals surface area contributed by atoms with Crippen molar-refractivity contribution in [3.8, 4) is 6.07 Å². The molecule has 1 aromatic rings. The van der Waals surface area contributed by atoms with Crippen molar-refractivity contribution in [1.82, 2.24) is 0 Å². The Morgan fingerprint density at radius 1 is 1.35 bits per heavy atom. The number of rotatable bonds is 8. The smallest absolute Gasteiger partial charge is 0.293 e. The Balaban J connectivity index is 2.93. The number of benzene rings is 1. The van der Waals surface area contributed by atoms with Crippen LogP contribution in [0.25, 0.3) is 0 Å². The number of nitrogens with one attached hydrogen (secondary N) is 1. The fraction of sp³-hybridized carbons (Fsp3) is 0.533. The maximum absolute atomic E-state index is 11.1. The molecular formula is C15H21N3O2. The monoisotopic (exact) mass is 275 g/mol. The van der Waals surface area contributed by atoms with Crippen LogP contribution in [0.2, 0.25) is 0 Å². The molecule has 1 unspecified atom stereocenters. The first-order chi connectivity index (χ1) is 9.62. The number of anilines is 1. The molecule has 1 aromatic carbocycles. The minimum Gasteiger partial charge on any atom is -0.377 e. The van der Waals surface area contributed by atoms with Crippen LogP contribution in [0.1, 0.15) is 51.5 Å². The van der Waals surface area contributed by atoms with Crippen LogP contribution in [0.15, 0.2) is 18.2 Å². The molecule has 108 valence electrons. The highest BCUT2D eigenvalue weighted by Crippen LogP contribution is 2.27. The van der Waals surface area contributed by atoms with Crippen LogP contribution >= 0.6 is 0 Å². The molecule has 0 bridgehead atoms. The maximum Gasteiger partial charge on any atom is 0.293 e. The highest BCUT2D eigenvalue weighted by molar-refractivity contribution is 5.64. The topological polar surface area (TPSA) is 79.0 Å². The van der Waals surface area contributed by atoms with E-state index in [-0.39, 0.29) is 11.7 Å². The zero-order valence-electron chi connectivity index (χ0n) is 12.1. The molecule has 0 aliphatic carbocycles. The van der Waals surface area contributed by atoms with Crippen LogP contribution in [0.3, 0.4) is 0 Å². The minimum absolute atomic E-state index is 0.0262. The van der Waals surface area contributed by atoms with Crippen LogP contribution in [0.4, 0.5) is 11.4 Å². The molecule has 0 saturated heterocycles. The SMILES string of the molecule is CCCCC(CCC)Nc1ccc(C#N)cc1[N+](=O)[O-]. The third-order valence-electron chi connectivity index (χ3n) is 3.23. The molecular weight excluding hydrogens is 254 g/mol. The molecule has 0 aliphatic heterocycles. The normalized spacial score (nSPS) is 11.7. The fourth-order valence-electron chi connectivity index (χ4n) is 2.18. The van der Waals surface area contributed by atoms with Gasteiger partial charge in [-0.3, -0.25) is 10.1 Å². The second-order valence-electron chi connectivity index (χ2n) is 4.87. The average molecular weight is 275 g/mol. The molecule has 0 heterocycles. The molecule has 1 atom stereocenters. The number of nitrogens with zero attached hydrogens (tertiary/aromatic N) is 2. The summed E-state index contributed by atoms with van der Waals surface area (Å²) in [7, 11) is 0. The van der Waals surface area contributed by atoms with Crippen molar-refractivity contribution in [3.63, 3.8) is 0 Å². The molecule has 0 spiro atoms.